The number of para-hydroxylation sites is 1. The lowest BCUT2D eigenvalue weighted by molar-refractivity contribution is -0.137. The number of hydrogen-bond donors (Lipinski definition) is 1. The number of amides is 1. The van der Waals surface area contributed by atoms with E-state index in [1.165, 1.54) is 0 Å². The Morgan fingerprint density at radius 1 is 1.55 bits per heavy atom. The summed E-state index contributed by atoms with van der Waals surface area (Å²) in [5, 5.41) is 9.45. The number of hydrogen-bond acceptors (Lipinski definition) is 3. The monoisotopic (exact) mass is 297 g/mol. The zero-order valence-corrected chi connectivity index (χ0v) is 12.3. The van der Waals surface area contributed by atoms with Gasteiger partial charge in [-0.3, -0.25) is 4.79 Å². The Labute approximate surface area is 124 Å². The highest BCUT2D eigenvalue weighted by atomic mass is 35.5. The van der Waals surface area contributed by atoms with Gasteiger partial charge in [0.25, 0.3) is 5.91 Å². The number of halogens is 1. The molecule has 0 saturated carbocycles. The number of aliphatic hydroxyl groups excluding tert-OH is 1. The van der Waals surface area contributed by atoms with Crippen LogP contribution in [0.5, 0.6) is 5.75 Å². The van der Waals surface area contributed by atoms with Crippen LogP contribution >= 0.6 is 11.6 Å². The van der Waals surface area contributed by atoms with Gasteiger partial charge in [0.05, 0.1) is 5.02 Å². The third kappa shape index (κ3) is 3.64. The molecule has 1 aliphatic rings. The zero-order chi connectivity index (χ0) is 14.5. The molecule has 0 bridgehead atoms. The zero-order valence-electron chi connectivity index (χ0n) is 11.6. The Morgan fingerprint density at radius 2 is 2.30 bits per heavy atom. The lowest BCUT2D eigenvalue weighted by atomic mass is 10.1. The van der Waals surface area contributed by atoms with Crippen LogP contribution in [-0.4, -0.2) is 41.7 Å². The van der Waals surface area contributed by atoms with Gasteiger partial charge in [-0.25, -0.2) is 0 Å². The molecule has 1 N–H and O–H groups in total. The van der Waals surface area contributed by atoms with Crippen LogP contribution in [0.1, 0.15) is 19.8 Å². The molecule has 2 rings (SSSR count). The number of carbonyl (C=O) groups is 1. The maximum Gasteiger partial charge on any atom is 0.263 e. The van der Waals surface area contributed by atoms with Crippen molar-refractivity contribution < 1.29 is 14.6 Å². The second-order valence-electron chi connectivity index (χ2n) is 5.14. The second kappa shape index (κ2) is 6.95. The Bertz CT molecular complexity index is 466. The quantitative estimate of drug-likeness (QED) is 0.907. The molecule has 0 spiro atoms. The van der Waals surface area contributed by atoms with Gasteiger partial charge in [0.2, 0.25) is 0 Å². The fourth-order valence-electron chi connectivity index (χ4n) is 2.49. The fourth-order valence-corrected chi connectivity index (χ4v) is 2.67. The Hall–Kier alpha value is -1.26. The van der Waals surface area contributed by atoms with Gasteiger partial charge in [0.1, 0.15) is 5.75 Å². The number of ether oxygens (including phenoxy) is 1. The van der Waals surface area contributed by atoms with E-state index in [1.807, 2.05) is 17.0 Å². The lowest BCUT2D eigenvalue weighted by Gasteiger charge is -2.22. The highest BCUT2D eigenvalue weighted by Crippen LogP contribution is 2.25. The first-order valence-corrected chi connectivity index (χ1v) is 7.30. The van der Waals surface area contributed by atoms with E-state index in [1.54, 1.807) is 19.1 Å². The summed E-state index contributed by atoms with van der Waals surface area (Å²) in [6.45, 7) is 3.36. The van der Waals surface area contributed by atoms with E-state index in [-0.39, 0.29) is 12.5 Å². The molecule has 0 radical (unpaired) electrons. The molecule has 1 aromatic rings. The van der Waals surface area contributed by atoms with E-state index in [2.05, 4.69) is 0 Å². The van der Waals surface area contributed by atoms with Crippen LogP contribution < -0.4 is 4.74 Å². The molecule has 0 aliphatic carbocycles. The number of nitrogens with zero attached hydrogens (tertiary/aromatic N) is 1. The Balaban J connectivity index is 1.91. The second-order valence-corrected chi connectivity index (χ2v) is 5.55. The van der Waals surface area contributed by atoms with E-state index in [0.29, 0.717) is 23.2 Å². The standard InChI is InChI=1S/C15H20ClNO3/c1-11(20-14-5-3-2-4-13(14)16)15(19)17-8-6-12(10-17)7-9-18/h2-5,11-12,18H,6-10H2,1H3. The van der Waals surface area contributed by atoms with Crippen LogP contribution in [0.15, 0.2) is 24.3 Å². The van der Waals surface area contributed by atoms with Gasteiger partial charge >= 0.3 is 0 Å². The van der Waals surface area contributed by atoms with Crippen molar-refractivity contribution in [2.75, 3.05) is 19.7 Å². The maximum atomic E-state index is 12.3. The average molecular weight is 298 g/mol. The summed E-state index contributed by atoms with van der Waals surface area (Å²) in [4.78, 5) is 14.1. The third-order valence-corrected chi connectivity index (χ3v) is 3.94. The molecule has 0 aromatic heterocycles. The van der Waals surface area contributed by atoms with Crippen molar-refractivity contribution in [3.63, 3.8) is 0 Å². The van der Waals surface area contributed by atoms with Gasteiger partial charge in [0.15, 0.2) is 6.10 Å². The number of aliphatic hydroxyl groups is 1. The first kappa shape index (κ1) is 15.1. The predicted molar refractivity (Wildman–Crippen MR) is 77.9 cm³/mol. The minimum atomic E-state index is -0.553. The summed E-state index contributed by atoms with van der Waals surface area (Å²) >= 11 is 6.02. The number of carbonyl (C=O) groups excluding carboxylic acids is 1. The van der Waals surface area contributed by atoms with E-state index < -0.39 is 6.10 Å². The normalized spacial score (nSPS) is 19.9. The molecular weight excluding hydrogens is 278 g/mol. The lowest BCUT2D eigenvalue weighted by Crippen LogP contribution is -2.39. The van der Waals surface area contributed by atoms with Gasteiger partial charge in [-0.05, 0) is 37.8 Å². The molecule has 1 heterocycles. The molecule has 1 amide bonds. The smallest absolute Gasteiger partial charge is 0.263 e. The van der Waals surface area contributed by atoms with Crippen molar-refractivity contribution in [3.8, 4) is 5.75 Å². The third-order valence-electron chi connectivity index (χ3n) is 3.62. The highest BCUT2D eigenvalue weighted by Gasteiger charge is 2.29. The largest absolute Gasteiger partial charge is 0.479 e. The van der Waals surface area contributed by atoms with Crippen LogP contribution in [-0.2, 0) is 4.79 Å². The molecule has 2 unspecified atom stereocenters. The predicted octanol–water partition coefficient (Wildman–Crippen LogP) is 2.34. The summed E-state index contributed by atoms with van der Waals surface area (Å²) in [6.07, 6.45) is 1.15. The summed E-state index contributed by atoms with van der Waals surface area (Å²) < 4.78 is 5.64. The molecule has 1 aliphatic heterocycles. The summed E-state index contributed by atoms with van der Waals surface area (Å²) in [7, 11) is 0. The maximum absolute atomic E-state index is 12.3. The van der Waals surface area contributed by atoms with E-state index in [0.717, 1.165) is 19.4 Å². The molecule has 4 nitrogen and oxygen atoms in total. The molecular formula is C15H20ClNO3. The van der Waals surface area contributed by atoms with Gasteiger partial charge in [-0.15, -0.1) is 0 Å². The van der Waals surface area contributed by atoms with Crippen LogP contribution in [0.3, 0.4) is 0 Å². The van der Waals surface area contributed by atoms with Crippen molar-refractivity contribution in [2.45, 2.75) is 25.9 Å². The molecule has 110 valence electrons. The van der Waals surface area contributed by atoms with Gasteiger partial charge < -0.3 is 14.7 Å². The molecule has 1 aromatic carbocycles. The first-order chi connectivity index (χ1) is 9.61. The number of benzene rings is 1. The molecule has 1 saturated heterocycles. The molecule has 20 heavy (non-hydrogen) atoms. The molecule has 5 heteroatoms. The average Bonchev–Trinajstić information content (AvgIpc) is 2.89. The minimum Gasteiger partial charge on any atom is -0.479 e. The van der Waals surface area contributed by atoms with Crippen LogP contribution in [0.2, 0.25) is 5.02 Å². The van der Waals surface area contributed by atoms with Crippen LogP contribution in [0.25, 0.3) is 0 Å². The van der Waals surface area contributed by atoms with Crippen molar-refractivity contribution in [1.29, 1.82) is 0 Å². The van der Waals surface area contributed by atoms with E-state index in [4.69, 9.17) is 21.4 Å². The summed E-state index contributed by atoms with van der Waals surface area (Å²) in [5.74, 6) is 0.906. The SMILES string of the molecule is CC(Oc1ccccc1Cl)C(=O)N1CCC(CCO)C1. The highest BCUT2D eigenvalue weighted by molar-refractivity contribution is 6.32. The van der Waals surface area contributed by atoms with E-state index >= 15 is 0 Å². The number of likely N-dealkylation sites (tertiary alicyclic amines) is 1. The molecule has 2 atom stereocenters. The van der Waals surface area contributed by atoms with Crippen molar-refractivity contribution in [1.82, 2.24) is 4.90 Å². The molecule has 1 fully saturated rings. The van der Waals surface area contributed by atoms with Crippen molar-refractivity contribution in [2.24, 2.45) is 5.92 Å². The van der Waals surface area contributed by atoms with Crippen molar-refractivity contribution >= 4 is 17.5 Å². The van der Waals surface area contributed by atoms with Gasteiger partial charge in [-0.2, -0.15) is 0 Å². The van der Waals surface area contributed by atoms with Gasteiger partial charge in [0, 0.05) is 19.7 Å². The van der Waals surface area contributed by atoms with Gasteiger partial charge in [-0.1, -0.05) is 23.7 Å². The van der Waals surface area contributed by atoms with E-state index in [9.17, 15) is 4.79 Å². The number of rotatable bonds is 5. The van der Waals surface area contributed by atoms with Crippen molar-refractivity contribution in [3.05, 3.63) is 29.3 Å². The first-order valence-electron chi connectivity index (χ1n) is 6.92. The van der Waals surface area contributed by atoms with Crippen LogP contribution in [0.4, 0.5) is 0 Å². The summed E-state index contributed by atoms with van der Waals surface area (Å²) in [5.41, 5.74) is 0. The fraction of sp³-hybridized carbons (Fsp3) is 0.533. The minimum absolute atomic E-state index is 0.0228. The Kier molecular flexibility index (Phi) is 5.26. The Morgan fingerprint density at radius 3 is 3.00 bits per heavy atom. The summed E-state index contributed by atoms with van der Waals surface area (Å²) in [6, 6.07) is 7.14. The van der Waals surface area contributed by atoms with Crippen LogP contribution in [0, 0.1) is 5.92 Å². The topological polar surface area (TPSA) is 49.8 Å².